The van der Waals surface area contributed by atoms with Crippen molar-refractivity contribution in [2.45, 2.75) is 13.5 Å². The van der Waals surface area contributed by atoms with Crippen LogP contribution in [0.2, 0.25) is 0 Å². The topological polar surface area (TPSA) is 53.5 Å². The van der Waals surface area contributed by atoms with E-state index in [1.807, 2.05) is 12.3 Å². The number of benzene rings is 1. The van der Waals surface area contributed by atoms with Gasteiger partial charge in [0.25, 0.3) is 0 Å². The Morgan fingerprint density at radius 3 is 2.75 bits per heavy atom. The molecule has 1 aliphatic heterocycles. The quantitative estimate of drug-likeness (QED) is 0.855. The number of aromatic nitrogens is 1. The Hall–Kier alpha value is -1.67. The molecule has 2 aromatic rings. The summed E-state index contributed by atoms with van der Waals surface area (Å²) in [6.07, 6.45) is 0. The van der Waals surface area contributed by atoms with Crippen LogP contribution in [-0.2, 0) is 16.8 Å². The van der Waals surface area contributed by atoms with E-state index in [0.29, 0.717) is 17.1 Å². The van der Waals surface area contributed by atoms with Gasteiger partial charge in [-0.05, 0) is 19.1 Å². The van der Waals surface area contributed by atoms with Crippen LogP contribution < -0.4 is 8.61 Å². The summed E-state index contributed by atoms with van der Waals surface area (Å²) in [5.74, 6) is -0.464. The first-order valence-electron chi connectivity index (χ1n) is 5.87. The molecule has 0 N–H and O–H groups in total. The summed E-state index contributed by atoms with van der Waals surface area (Å²) in [5, 5.41) is 2.67. The van der Waals surface area contributed by atoms with Crippen LogP contribution in [0.1, 0.15) is 10.7 Å². The summed E-state index contributed by atoms with van der Waals surface area (Å²) in [6.45, 7) is 1.96. The molecule has 1 aromatic carbocycles. The summed E-state index contributed by atoms with van der Waals surface area (Å²) >= 11 is 1.45. The molecular weight excluding hydrogens is 301 g/mol. The molecule has 0 aliphatic carbocycles. The standard InChI is InChI=1S/C12H12FN3O2S2/c1-8-14-10(7-19-8)6-16-12-5-9(13)3-4-11(12)15(2)20(16,17)18/h3-5,7H,6H2,1-2H3. The molecule has 5 nitrogen and oxygen atoms in total. The zero-order valence-electron chi connectivity index (χ0n) is 10.9. The lowest BCUT2D eigenvalue weighted by atomic mass is 10.2. The first-order chi connectivity index (χ1) is 9.39. The van der Waals surface area contributed by atoms with Crippen LogP contribution in [0.5, 0.6) is 0 Å². The maximum atomic E-state index is 13.4. The third-order valence-electron chi connectivity index (χ3n) is 3.14. The van der Waals surface area contributed by atoms with Crippen molar-refractivity contribution < 1.29 is 12.8 Å². The molecule has 2 heterocycles. The third kappa shape index (κ3) is 1.95. The van der Waals surface area contributed by atoms with Gasteiger partial charge in [-0.3, -0.25) is 4.31 Å². The van der Waals surface area contributed by atoms with Gasteiger partial charge in [0.05, 0.1) is 28.6 Å². The summed E-state index contributed by atoms with van der Waals surface area (Å²) in [4.78, 5) is 4.26. The number of hydrogen-bond acceptors (Lipinski definition) is 4. The maximum Gasteiger partial charge on any atom is 0.326 e. The van der Waals surface area contributed by atoms with Crippen molar-refractivity contribution in [1.29, 1.82) is 0 Å². The summed E-state index contributed by atoms with van der Waals surface area (Å²) in [6, 6.07) is 3.95. The van der Waals surface area contributed by atoms with Gasteiger partial charge in [0.1, 0.15) is 5.82 Å². The number of halogens is 1. The molecule has 8 heteroatoms. The van der Waals surface area contributed by atoms with Gasteiger partial charge in [-0.25, -0.2) is 13.7 Å². The highest BCUT2D eigenvalue weighted by Gasteiger charge is 2.38. The minimum atomic E-state index is -3.67. The zero-order valence-corrected chi connectivity index (χ0v) is 12.5. The first kappa shape index (κ1) is 13.3. The molecule has 0 amide bonds. The fourth-order valence-corrected chi connectivity index (χ4v) is 4.15. The highest BCUT2D eigenvalue weighted by atomic mass is 32.2. The summed E-state index contributed by atoms with van der Waals surface area (Å²) < 4.78 is 40.5. The number of hydrogen-bond donors (Lipinski definition) is 0. The average molecular weight is 313 g/mol. The van der Waals surface area contributed by atoms with E-state index >= 15 is 0 Å². The fourth-order valence-electron chi connectivity index (χ4n) is 2.15. The van der Waals surface area contributed by atoms with Crippen molar-refractivity contribution in [3.8, 4) is 0 Å². The molecule has 1 aromatic heterocycles. The van der Waals surface area contributed by atoms with Gasteiger partial charge < -0.3 is 0 Å². The van der Waals surface area contributed by atoms with Crippen LogP contribution in [-0.4, -0.2) is 20.4 Å². The Balaban J connectivity index is 2.08. The number of rotatable bonds is 2. The van der Waals surface area contributed by atoms with Crippen molar-refractivity contribution in [1.82, 2.24) is 4.98 Å². The number of thiazole rings is 1. The molecule has 0 radical (unpaired) electrons. The molecule has 0 spiro atoms. The minimum Gasteiger partial charge on any atom is -0.254 e. The van der Waals surface area contributed by atoms with E-state index in [4.69, 9.17) is 0 Å². The van der Waals surface area contributed by atoms with Crippen LogP contribution in [0.15, 0.2) is 23.6 Å². The summed E-state index contributed by atoms with van der Waals surface area (Å²) in [7, 11) is -2.21. The molecule has 106 valence electrons. The fraction of sp³-hybridized carbons (Fsp3) is 0.250. The van der Waals surface area contributed by atoms with Crippen LogP contribution in [0.4, 0.5) is 15.8 Å². The first-order valence-corrected chi connectivity index (χ1v) is 8.14. The average Bonchev–Trinajstić information content (AvgIpc) is 2.86. The lowest BCUT2D eigenvalue weighted by Gasteiger charge is -2.17. The van der Waals surface area contributed by atoms with E-state index in [2.05, 4.69) is 4.98 Å². The van der Waals surface area contributed by atoms with E-state index in [1.165, 1.54) is 40.9 Å². The lowest BCUT2D eigenvalue weighted by Crippen LogP contribution is -2.35. The van der Waals surface area contributed by atoms with Crippen molar-refractivity contribution >= 4 is 32.9 Å². The normalized spacial score (nSPS) is 16.6. The predicted octanol–water partition coefficient (Wildman–Crippen LogP) is 2.29. The molecule has 0 unspecified atom stereocenters. The van der Waals surface area contributed by atoms with Gasteiger partial charge in [0, 0.05) is 18.5 Å². The second-order valence-corrected chi connectivity index (χ2v) is 7.42. The minimum absolute atomic E-state index is 0.105. The van der Waals surface area contributed by atoms with E-state index in [-0.39, 0.29) is 6.54 Å². The van der Waals surface area contributed by atoms with Crippen molar-refractivity contribution in [3.05, 3.63) is 40.1 Å². The predicted molar refractivity (Wildman–Crippen MR) is 76.8 cm³/mol. The monoisotopic (exact) mass is 313 g/mol. The molecule has 0 saturated carbocycles. The maximum absolute atomic E-state index is 13.4. The van der Waals surface area contributed by atoms with Gasteiger partial charge in [-0.2, -0.15) is 8.42 Å². The molecule has 0 atom stereocenters. The van der Waals surface area contributed by atoms with Gasteiger partial charge >= 0.3 is 10.2 Å². The van der Waals surface area contributed by atoms with Crippen LogP contribution in [0, 0.1) is 12.7 Å². The van der Waals surface area contributed by atoms with E-state index in [0.717, 1.165) is 9.31 Å². The molecule has 3 rings (SSSR count). The molecule has 1 aliphatic rings. The Morgan fingerprint density at radius 2 is 2.10 bits per heavy atom. The van der Waals surface area contributed by atoms with Crippen molar-refractivity contribution in [2.75, 3.05) is 15.7 Å². The largest absolute Gasteiger partial charge is 0.326 e. The summed E-state index contributed by atoms with van der Waals surface area (Å²) in [5.41, 5.74) is 1.47. The number of fused-ring (bicyclic) bond motifs is 1. The highest BCUT2D eigenvalue weighted by molar-refractivity contribution is 7.94. The van der Waals surface area contributed by atoms with Gasteiger partial charge in [0.15, 0.2) is 0 Å². The number of nitrogens with zero attached hydrogens (tertiary/aromatic N) is 3. The smallest absolute Gasteiger partial charge is 0.254 e. The van der Waals surface area contributed by atoms with E-state index < -0.39 is 16.0 Å². The highest BCUT2D eigenvalue weighted by Crippen LogP contribution is 2.41. The van der Waals surface area contributed by atoms with Gasteiger partial charge in [-0.1, -0.05) is 0 Å². The van der Waals surface area contributed by atoms with E-state index in [1.54, 1.807) is 0 Å². The zero-order chi connectivity index (χ0) is 14.5. The molecule has 0 fully saturated rings. The Labute approximate surface area is 120 Å². The number of anilines is 2. The molecule has 0 saturated heterocycles. The van der Waals surface area contributed by atoms with Gasteiger partial charge in [0.2, 0.25) is 0 Å². The third-order valence-corrected chi connectivity index (χ3v) is 5.74. The Kier molecular flexibility index (Phi) is 2.94. The van der Waals surface area contributed by atoms with Crippen LogP contribution in [0.3, 0.4) is 0 Å². The van der Waals surface area contributed by atoms with Crippen molar-refractivity contribution in [3.63, 3.8) is 0 Å². The van der Waals surface area contributed by atoms with Gasteiger partial charge in [-0.15, -0.1) is 11.3 Å². The van der Waals surface area contributed by atoms with E-state index in [9.17, 15) is 12.8 Å². The molecule has 20 heavy (non-hydrogen) atoms. The molecular formula is C12H12FN3O2S2. The molecule has 0 bridgehead atoms. The van der Waals surface area contributed by atoms with Crippen molar-refractivity contribution in [2.24, 2.45) is 0 Å². The van der Waals surface area contributed by atoms with Crippen LogP contribution in [0.25, 0.3) is 0 Å². The number of aryl methyl sites for hydroxylation is 1. The second kappa shape index (κ2) is 4.42. The Bertz CT molecular complexity index is 773. The lowest BCUT2D eigenvalue weighted by molar-refractivity contribution is 0.591. The second-order valence-electron chi connectivity index (χ2n) is 4.47. The SMILES string of the molecule is Cc1nc(CN2c3cc(F)ccc3N(C)S2(=O)=O)cs1. The Morgan fingerprint density at radius 1 is 1.35 bits per heavy atom. The van der Waals surface area contributed by atoms with Crippen LogP contribution >= 0.6 is 11.3 Å².